The van der Waals surface area contributed by atoms with Crippen LogP contribution in [0.4, 0.5) is 5.69 Å². The summed E-state index contributed by atoms with van der Waals surface area (Å²) in [5, 5.41) is 19.3. The molecule has 0 aliphatic rings. The maximum absolute atomic E-state index is 12.6. The van der Waals surface area contributed by atoms with Crippen molar-refractivity contribution in [1.29, 1.82) is 0 Å². The highest BCUT2D eigenvalue weighted by molar-refractivity contribution is 5.96. The lowest BCUT2D eigenvalue weighted by atomic mass is 10.1. The van der Waals surface area contributed by atoms with E-state index in [4.69, 9.17) is 15.6 Å². The van der Waals surface area contributed by atoms with E-state index in [1.807, 2.05) is 4.57 Å². The number of aromatic nitrogens is 4. The quantitative estimate of drug-likeness (QED) is 0.323. The minimum atomic E-state index is -0.833. The number of nitro benzene ring substituents is 1. The van der Waals surface area contributed by atoms with Crippen molar-refractivity contribution in [3.05, 3.63) is 63.3 Å². The molecule has 0 amide bonds. The van der Waals surface area contributed by atoms with Crippen molar-refractivity contribution in [2.24, 2.45) is 5.73 Å². The Morgan fingerprint density at radius 1 is 1.35 bits per heavy atom. The number of nitrogens with two attached hydrogens (primary N) is 1. The van der Waals surface area contributed by atoms with Gasteiger partial charge in [0.1, 0.15) is 5.69 Å². The van der Waals surface area contributed by atoms with Crippen molar-refractivity contribution < 1.29 is 14.8 Å². The van der Waals surface area contributed by atoms with Crippen LogP contribution in [0, 0.1) is 10.1 Å². The normalized spacial score (nSPS) is 10.6. The maximum atomic E-state index is 12.6. The van der Waals surface area contributed by atoms with E-state index in [0.29, 0.717) is 41.6 Å². The van der Waals surface area contributed by atoms with Crippen molar-refractivity contribution in [1.82, 2.24) is 19.5 Å². The number of aryl methyl sites for hydroxylation is 1. The number of H-pyrrole nitrogens is 1. The Hall–Kier alpha value is -4.12. The average Bonchev–Trinajstić information content (AvgIpc) is 3.09. The Labute approximate surface area is 175 Å². The zero-order valence-electron chi connectivity index (χ0n) is 16.6. The van der Waals surface area contributed by atoms with Gasteiger partial charge in [0.05, 0.1) is 27.7 Å². The van der Waals surface area contributed by atoms with Gasteiger partial charge >= 0.3 is 0 Å². The average molecular weight is 424 g/mol. The van der Waals surface area contributed by atoms with E-state index in [9.17, 15) is 14.9 Å². The van der Waals surface area contributed by atoms with E-state index in [1.165, 1.54) is 12.1 Å². The third kappa shape index (κ3) is 4.73. The summed E-state index contributed by atoms with van der Waals surface area (Å²) >= 11 is 0. The van der Waals surface area contributed by atoms with E-state index in [1.54, 1.807) is 30.7 Å². The third-order valence-electron chi connectivity index (χ3n) is 4.43. The molecule has 0 fully saturated rings. The molecular weight excluding hydrogens is 404 g/mol. The number of nitro groups is 1. The first-order valence-electron chi connectivity index (χ1n) is 9.33. The van der Waals surface area contributed by atoms with Crippen LogP contribution < -0.4 is 11.3 Å². The number of fused-ring (bicyclic) bond motifs is 2. The van der Waals surface area contributed by atoms with Crippen molar-refractivity contribution in [3.63, 3.8) is 0 Å². The fourth-order valence-electron chi connectivity index (χ4n) is 3.15. The second-order valence-electron chi connectivity index (χ2n) is 6.66. The number of hydrogen-bond donors (Lipinski definition) is 3. The first-order chi connectivity index (χ1) is 14.8. The van der Waals surface area contributed by atoms with Gasteiger partial charge < -0.3 is 20.4 Å². The number of aliphatic carboxylic acids is 1. The van der Waals surface area contributed by atoms with Crippen molar-refractivity contribution in [2.75, 3.05) is 6.54 Å². The number of nitrogens with zero attached hydrogens (tertiary/aromatic N) is 4. The summed E-state index contributed by atoms with van der Waals surface area (Å²) in [4.78, 5) is 43.6. The number of non-ortho nitro benzene ring substituents is 1. The maximum Gasteiger partial charge on any atom is 0.300 e. The number of carboxylic acid groups (broad SMARTS) is 1. The summed E-state index contributed by atoms with van der Waals surface area (Å²) in [7, 11) is 0. The number of benzene rings is 1. The highest BCUT2D eigenvalue weighted by Crippen LogP contribution is 2.31. The van der Waals surface area contributed by atoms with Crippen LogP contribution in [0.15, 0.2) is 47.7 Å². The number of carbonyl (C=O) groups is 1. The first-order valence-corrected chi connectivity index (χ1v) is 9.33. The van der Waals surface area contributed by atoms with Gasteiger partial charge in [0.2, 0.25) is 0 Å². The molecule has 160 valence electrons. The molecule has 4 aromatic rings. The molecule has 3 aromatic heterocycles. The fraction of sp³-hybridized carbons (Fsp3) is 0.200. The van der Waals surface area contributed by atoms with Crippen LogP contribution >= 0.6 is 0 Å². The van der Waals surface area contributed by atoms with Crippen LogP contribution in [-0.2, 0) is 11.3 Å². The lowest BCUT2D eigenvalue weighted by Crippen LogP contribution is -2.11. The van der Waals surface area contributed by atoms with Crippen molar-refractivity contribution in [2.45, 2.75) is 19.9 Å². The molecule has 0 unspecified atom stereocenters. The summed E-state index contributed by atoms with van der Waals surface area (Å²) in [5.74, 6) is -0.833. The molecule has 0 aliphatic heterocycles. The predicted molar refractivity (Wildman–Crippen MR) is 115 cm³/mol. The van der Waals surface area contributed by atoms with Crippen molar-refractivity contribution in [3.8, 4) is 11.3 Å². The molecule has 0 aliphatic carbocycles. The highest BCUT2D eigenvalue weighted by Gasteiger charge is 2.18. The van der Waals surface area contributed by atoms with Gasteiger partial charge in [-0.25, -0.2) is 4.98 Å². The summed E-state index contributed by atoms with van der Waals surface area (Å²) in [6, 6.07) is 6.31. The molecular formula is C20H20N6O5. The van der Waals surface area contributed by atoms with Gasteiger partial charge in [-0.3, -0.25) is 24.7 Å². The number of aromatic amines is 1. The SMILES string of the molecule is CC(=O)O.NCCCn1cc(-c2nc3ccncc3[nH]c2=O)c2ccc([N+](=O)[O-])cc21. The van der Waals surface area contributed by atoms with Crippen LogP contribution in [0.3, 0.4) is 0 Å². The van der Waals surface area contributed by atoms with E-state index in [2.05, 4.69) is 15.0 Å². The molecule has 31 heavy (non-hydrogen) atoms. The van der Waals surface area contributed by atoms with Crippen LogP contribution in [0.5, 0.6) is 0 Å². The van der Waals surface area contributed by atoms with Crippen LogP contribution in [-0.4, -0.2) is 42.1 Å². The second-order valence-corrected chi connectivity index (χ2v) is 6.66. The van der Waals surface area contributed by atoms with Crippen LogP contribution in [0.1, 0.15) is 13.3 Å². The molecule has 0 bridgehead atoms. The molecule has 0 spiro atoms. The number of hydrogen-bond acceptors (Lipinski definition) is 7. The topological polar surface area (TPSA) is 170 Å². The summed E-state index contributed by atoms with van der Waals surface area (Å²) < 4.78 is 1.88. The van der Waals surface area contributed by atoms with E-state index < -0.39 is 10.9 Å². The number of rotatable bonds is 5. The number of carboxylic acids is 1. The van der Waals surface area contributed by atoms with Gasteiger partial charge in [0.15, 0.2) is 0 Å². The smallest absolute Gasteiger partial charge is 0.300 e. The van der Waals surface area contributed by atoms with Crippen molar-refractivity contribution >= 4 is 33.6 Å². The van der Waals surface area contributed by atoms with Gasteiger partial charge in [0, 0.05) is 48.9 Å². The molecule has 0 saturated heterocycles. The molecule has 0 atom stereocenters. The van der Waals surface area contributed by atoms with Crippen LogP contribution in [0.25, 0.3) is 33.2 Å². The fourth-order valence-corrected chi connectivity index (χ4v) is 3.15. The monoisotopic (exact) mass is 424 g/mol. The van der Waals surface area contributed by atoms with Gasteiger partial charge in [-0.2, -0.15) is 0 Å². The number of pyridine rings is 1. The third-order valence-corrected chi connectivity index (χ3v) is 4.43. The van der Waals surface area contributed by atoms with Crippen LogP contribution in [0.2, 0.25) is 0 Å². The zero-order valence-corrected chi connectivity index (χ0v) is 16.6. The standard InChI is InChI=1S/C18H16N6O3.C2H4O2/c19-5-1-7-23-10-13(12-3-2-11(24(26)27)8-16(12)23)17-18(25)22-15-9-20-6-4-14(15)21-17;1-2(3)4/h2-4,6,8-10H,1,5,7,19H2,(H,22,25);1H3,(H,3,4). The van der Waals surface area contributed by atoms with Gasteiger partial charge in [-0.05, 0) is 25.1 Å². The van der Waals surface area contributed by atoms with E-state index in [0.717, 1.165) is 12.3 Å². The van der Waals surface area contributed by atoms with Gasteiger partial charge in [-0.1, -0.05) is 0 Å². The molecule has 1 aromatic carbocycles. The Balaban J connectivity index is 0.000000628. The lowest BCUT2D eigenvalue weighted by Gasteiger charge is -2.03. The predicted octanol–water partition coefficient (Wildman–Crippen LogP) is 2.29. The summed E-state index contributed by atoms with van der Waals surface area (Å²) in [6.07, 6.45) is 5.65. The molecule has 4 rings (SSSR count). The number of nitrogens with one attached hydrogen (secondary N) is 1. The van der Waals surface area contributed by atoms with Gasteiger partial charge in [-0.15, -0.1) is 0 Å². The Bertz CT molecular complexity index is 1320. The molecule has 3 heterocycles. The summed E-state index contributed by atoms with van der Waals surface area (Å²) in [5.41, 5.74) is 7.98. The van der Waals surface area contributed by atoms with E-state index in [-0.39, 0.29) is 16.9 Å². The molecule has 0 saturated carbocycles. The summed E-state index contributed by atoms with van der Waals surface area (Å²) in [6.45, 7) is 2.16. The Kier molecular flexibility index (Phi) is 6.36. The molecule has 0 radical (unpaired) electrons. The molecule has 11 nitrogen and oxygen atoms in total. The minimum Gasteiger partial charge on any atom is -0.481 e. The molecule has 11 heteroatoms. The minimum absolute atomic E-state index is 0.00685. The Morgan fingerprint density at radius 2 is 2.10 bits per heavy atom. The molecule has 4 N–H and O–H groups in total. The van der Waals surface area contributed by atoms with Gasteiger partial charge in [0.25, 0.3) is 17.2 Å². The Morgan fingerprint density at radius 3 is 2.77 bits per heavy atom. The highest BCUT2D eigenvalue weighted by atomic mass is 16.6. The second kappa shape index (κ2) is 9.13. The zero-order chi connectivity index (χ0) is 22.5. The first kappa shape index (κ1) is 21.6. The largest absolute Gasteiger partial charge is 0.481 e. The van der Waals surface area contributed by atoms with E-state index >= 15 is 0 Å². The lowest BCUT2D eigenvalue weighted by molar-refractivity contribution is -0.384.